The highest BCUT2D eigenvalue weighted by Crippen LogP contribution is 2.50. The van der Waals surface area contributed by atoms with Gasteiger partial charge in [0.15, 0.2) is 0 Å². The van der Waals surface area contributed by atoms with Gasteiger partial charge in [0.2, 0.25) is 0 Å². The molecule has 37 heavy (non-hydrogen) atoms. The summed E-state index contributed by atoms with van der Waals surface area (Å²) in [5, 5.41) is 12.9. The van der Waals surface area contributed by atoms with Crippen LogP contribution < -0.4 is 0 Å². The van der Waals surface area contributed by atoms with E-state index in [1.807, 2.05) is 42.5 Å². The number of rotatable bonds is 11. The topological polar surface area (TPSA) is 38.7 Å². The van der Waals surface area contributed by atoms with Crippen molar-refractivity contribution in [2.45, 2.75) is 58.7 Å². The van der Waals surface area contributed by atoms with E-state index in [1.165, 1.54) is 21.9 Å². The fourth-order valence-corrected chi connectivity index (χ4v) is 8.12. The molecule has 3 aromatic carbocycles. The Kier molecular flexibility index (Phi) is 9.20. The van der Waals surface area contributed by atoms with E-state index in [9.17, 15) is 5.11 Å². The SMILES string of the molecule is CC1CC(COCc2ccccc2)(COCc2ccccc2)CC1=C(C(O)c1ccccc1)[Si](C)(C)C. The molecule has 3 aromatic rings. The molecule has 3 nitrogen and oxygen atoms in total. The average Bonchev–Trinajstić information content (AvgIpc) is 3.20. The summed E-state index contributed by atoms with van der Waals surface area (Å²) in [5.74, 6) is 0.376. The zero-order chi connectivity index (χ0) is 26.3. The van der Waals surface area contributed by atoms with Gasteiger partial charge < -0.3 is 14.6 Å². The van der Waals surface area contributed by atoms with Crippen LogP contribution >= 0.6 is 0 Å². The number of hydrogen-bond donors (Lipinski definition) is 1. The van der Waals surface area contributed by atoms with Crippen LogP contribution in [0.4, 0.5) is 0 Å². The number of allylic oxidation sites excluding steroid dienone is 1. The van der Waals surface area contributed by atoms with E-state index in [-0.39, 0.29) is 5.41 Å². The van der Waals surface area contributed by atoms with E-state index < -0.39 is 14.2 Å². The Bertz CT molecular complexity index is 1090. The highest BCUT2D eigenvalue weighted by molar-refractivity contribution is 6.83. The van der Waals surface area contributed by atoms with Crippen molar-refractivity contribution in [3.05, 3.63) is 118 Å². The Morgan fingerprint density at radius 2 is 1.27 bits per heavy atom. The molecular formula is C33H42O3Si. The second-order valence-corrected chi connectivity index (χ2v) is 16.8. The minimum Gasteiger partial charge on any atom is -0.384 e. The first-order valence-corrected chi connectivity index (χ1v) is 17.0. The van der Waals surface area contributed by atoms with Crippen molar-refractivity contribution >= 4 is 8.07 Å². The Hall–Kier alpha value is -2.50. The molecule has 0 saturated heterocycles. The molecule has 0 radical (unpaired) electrons. The maximum atomic E-state index is 11.6. The van der Waals surface area contributed by atoms with Gasteiger partial charge in [-0.25, -0.2) is 0 Å². The molecule has 4 heteroatoms. The van der Waals surface area contributed by atoms with Crippen LogP contribution in [0.15, 0.2) is 102 Å². The van der Waals surface area contributed by atoms with Crippen molar-refractivity contribution in [1.82, 2.24) is 0 Å². The average molecular weight is 515 g/mol. The van der Waals surface area contributed by atoms with Gasteiger partial charge in [-0.05, 0) is 40.6 Å². The van der Waals surface area contributed by atoms with Crippen molar-refractivity contribution in [2.75, 3.05) is 13.2 Å². The highest BCUT2D eigenvalue weighted by atomic mass is 28.3. The molecule has 4 rings (SSSR count). The van der Waals surface area contributed by atoms with Gasteiger partial charge in [-0.15, -0.1) is 0 Å². The summed E-state index contributed by atoms with van der Waals surface area (Å²) in [6, 6.07) is 30.9. The van der Waals surface area contributed by atoms with Crippen LogP contribution in [0.3, 0.4) is 0 Å². The molecule has 0 aromatic heterocycles. The van der Waals surface area contributed by atoms with E-state index in [1.54, 1.807) is 0 Å². The molecule has 0 spiro atoms. The van der Waals surface area contributed by atoms with Crippen LogP contribution in [-0.2, 0) is 22.7 Å². The van der Waals surface area contributed by atoms with Crippen LogP contribution in [0, 0.1) is 11.3 Å². The van der Waals surface area contributed by atoms with Gasteiger partial charge in [0.1, 0.15) is 0 Å². The number of aliphatic hydroxyl groups excluding tert-OH is 1. The summed E-state index contributed by atoms with van der Waals surface area (Å²) < 4.78 is 12.7. The van der Waals surface area contributed by atoms with E-state index in [4.69, 9.17) is 9.47 Å². The summed E-state index contributed by atoms with van der Waals surface area (Å²) >= 11 is 0. The van der Waals surface area contributed by atoms with Crippen LogP contribution in [-0.4, -0.2) is 26.4 Å². The summed E-state index contributed by atoms with van der Waals surface area (Å²) in [6.07, 6.45) is 1.35. The van der Waals surface area contributed by atoms with Gasteiger partial charge in [0.05, 0.1) is 40.6 Å². The number of aliphatic hydroxyl groups is 1. The van der Waals surface area contributed by atoms with E-state index >= 15 is 0 Å². The number of hydrogen-bond acceptors (Lipinski definition) is 3. The minimum absolute atomic E-state index is 0.111. The first kappa shape index (κ1) is 27.5. The van der Waals surface area contributed by atoms with Crippen molar-refractivity contribution in [3.63, 3.8) is 0 Å². The first-order chi connectivity index (χ1) is 17.8. The molecule has 0 aliphatic heterocycles. The summed E-state index contributed by atoms with van der Waals surface area (Å²) in [5.41, 5.74) is 4.67. The molecule has 0 heterocycles. The highest BCUT2D eigenvalue weighted by Gasteiger charge is 2.44. The Morgan fingerprint density at radius 1 is 0.811 bits per heavy atom. The zero-order valence-corrected chi connectivity index (χ0v) is 23.8. The van der Waals surface area contributed by atoms with E-state index in [0.717, 1.165) is 18.4 Å². The lowest BCUT2D eigenvalue weighted by molar-refractivity contribution is -0.0304. The van der Waals surface area contributed by atoms with Gasteiger partial charge in [-0.2, -0.15) is 0 Å². The maximum Gasteiger partial charge on any atom is 0.0968 e. The van der Waals surface area contributed by atoms with Crippen LogP contribution in [0.25, 0.3) is 0 Å². The molecule has 1 aliphatic carbocycles. The first-order valence-electron chi connectivity index (χ1n) is 13.5. The second-order valence-electron chi connectivity index (χ2n) is 11.7. The predicted octanol–water partition coefficient (Wildman–Crippen LogP) is 7.74. The van der Waals surface area contributed by atoms with Gasteiger partial charge in [-0.1, -0.05) is 123 Å². The summed E-state index contributed by atoms with van der Waals surface area (Å²) in [4.78, 5) is 0. The second kappa shape index (κ2) is 12.4. The third kappa shape index (κ3) is 7.29. The smallest absolute Gasteiger partial charge is 0.0968 e. The third-order valence-corrected chi connectivity index (χ3v) is 9.69. The lowest BCUT2D eigenvalue weighted by atomic mass is 9.87. The third-order valence-electron chi connectivity index (χ3n) is 7.48. The summed E-state index contributed by atoms with van der Waals surface area (Å²) in [7, 11) is -1.82. The van der Waals surface area contributed by atoms with Crippen molar-refractivity contribution < 1.29 is 14.6 Å². The van der Waals surface area contributed by atoms with Gasteiger partial charge in [-0.3, -0.25) is 0 Å². The zero-order valence-electron chi connectivity index (χ0n) is 22.8. The number of ether oxygens (including phenoxy) is 2. The molecule has 2 unspecified atom stereocenters. The van der Waals surface area contributed by atoms with Gasteiger partial charge in [0.25, 0.3) is 0 Å². The Labute approximate surface area is 224 Å². The molecular weight excluding hydrogens is 472 g/mol. The molecule has 0 amide bonds. The van der Waals surface area contributed by atoms with Crippen LogP contribution in [0.2, 0.25) is 19.6 Å². The molecule has 1 fully saturated rings. The maximum absolute atomic E-state index is 11.6. The fourth-order valence-electron chi connectivity index (χ4n) is 5.83. The van der Waals surface area contributed by atoms with Gasteiger partial charge in [0, 0.05) is 5.41 Å². The van der Waals surface area contributed by atoms with Crippen LogP contribution in [0.5, 0.6) is 0 Å². The minimum atomic E-state index is -1.82. The van der Waals surface area contributed by atoms with E-state index in [2.05, 4.69) is 75.1 Å². The summed E-state index contributed by atoms with van der Waals surface area (Å²) in [6.45, 7) is 11.9. The van der Waals surface area contributed by atoms with Crippen molar-refractivity contribution in [3.8, 4) is 0 Å². The lowest BCUT2D eigenvalue weighted by Gasteiger charge is -2.31. The molecule has 0 bridgehead atoms. The van der Waals surface area contributed by atoms with Crippen molar-refractivity contribution in [1.29, 1.82) is 0 Å². The predicted molar refractivity (Wildman–Crippen MR) is 155 cm³/mol. The molecule has 2 atom stereocenters. The lowest BCUT2D eigenvalue weighted by Crippen LogP contribution is -2.32. The fraction of sp³-hybridized carbons (Fsp3) is 0.394. The molecule has 196 valence electrons. The molecule has 1 saturated carbocycles. The van der Waals surface area contributed by atoms with Crippen molar-refractivity contribution in [2.24, 2.45) is 11.3 Å². The van der Waals surface area contributed by atoms with E-state index in [0.29, 0.717) is 32.3 Å². The Balaban J connectivity index is 1.59. The number of benzene rings is 3. The molecule has 1 N–H and O–H groups in total. The van der Waals surface area contributed by atoms with Gasteiger partial charge >= 0.3 is 0 Å². The monoisotopic (exact) mass is 514 g/mol. The Morgan fingerprint density at radius 3 is 1.73 bits per heavy atom. The standard InChI is InChI=1S/C33H42O3Si/c1-26-20-33(24-35-22-27-14-8-5-9-15-27,25-36-23-28-16-10-6-11-17-28)21-30(26)32(37(2,3)4)31(34)29-18-12-7-13-19-29/h5-19,26,31,34H,20-25H2,1-4H3. The largest absolute Gasteiger partial charge is 0.384 e. The normalized spacial score (nSPS) is 19.5. The quantitative estimate of drug-likeness (QED) is 0.266. The van der Waals surface area contributed by atoms with Crippen LogP contribution in [0.1, 0.15) is 42.6 Å². The molecule has 1 aliphatic rings.